The maximum Gasteiger partial charge on any atom is 0.253 e. The highest BCUT2D eigenvalue weighted by molar-refractivity contribution is 5.97. The highest BCUT2D eigenvalue weighted by Gasteiger charge is 2.17. The Kier molecular flexibility index (Phi) is 4.04. The van der Waals surface area contributed by atoms with Gasteiger partial charge in [-0.05, 0) is 18.9 Å². The molecule has 2 aromatic rings. The van der Waals surface area contributed by atoms with Gasteiger partial charge in [-0.25, -0.2) is 4.98 Å². The van der Waals surface area contributed by atoms with Gasteiger partial charge in [0, 0.05) is 18.6 Å². The molecule has 1 atom stereocenters. The Balaban J connectivity index is 2.29. The van der Waals surface area contributed by atoms with Gasteiger partial charge in [-0.1, -0.05) is 13.8 Å². The fourth-order valence-corrected chi connectivity index (χ4v) is 2.11. The highest BCUT2D eigenvalue weighted by Crippen LogP contribution is 2.16. The number of nitrogens with zero attached hydrogens (tertiary/aromatic N) is 3. The SMILES string of the molecule is Cc1nn(C)c2ncc(C(=O)N[C@H](CO)C(C)C)cc12. The molecule has 0 aliphatic rings. The Bertz CT molecular complexity index is 633. The third kappa shape index (κ3) is 2.65. The van der Waals surface area contributed by atoms with Crippen LogP contribution < -0.4 is 5.32 Å². The van der Waals surface area contributed by atoms with E-state index < -0.39 is 0 Å². The van der Waals surface area contributed by atoms with Crippen molar-refractivity contribution >= 4 is 16.9 Å². The van der Waals surface area contributed by atoms with Crippen LogP contribution in [0.15, 0.2) is 12.3 Å². The standard InChI is InChI=1S/C14H20N4O2/c1-8(2)12(7-19)16-14(20)10-5-11-9(3)17-18(4)13(11)15-6-10/h5-6,8,12,19H,7H2,1-4H3,(H,16,20)/t12-/m1/s1. The van der Waals surface area contributed by atoms with Crippen molar-refractivity contribution in [2.24, 2.45) is 13.0 Å². The first-order valence-corrected chi connectivity index (χ1v) is 6.65. The average Bonchev–Trinajstić information content (AvgIpc) is 2.70. The molecule has 2 N–H and O–H groups in total. The minimum Gasteiger partial charge on any atom is -0.394 e. The van der Waals surface area contributed by atoms with Gasteiger partial charge in [0.15, 0.2) is 5.65 Å². The average molecular weight is 276 g/mol. The maximum absolute atomic E-state index is 12.2. The van der Waals surface area contributed by atoms with Gasteiger partial charge < -0.3 is 10.4 Å². The molecule has 0 radical (unpaired) electrons. The van der Waals surface area contributed by atoms with Gasteiger partial charge in [0.1, 0.15) is 0 Å². The third-order valence-electron chi connectivity index (χ3n) is 3.44. The number of hydrogen-bond acceptors (Lipinski definition) is 4. The van der Waals surface area contributed by atoms with E-state index in [1.165, 1.54) is 6.20 Å². The fourth-order valence-electron chi connectivity index (χ4n) is 2.11. The number of hydrogen-bond donors (Lipinski definition) is 2. The van der Waals surface area contributed by atoms with Crippen LogP contribution in [0.4, 0.5) is 0 Å². The number of aliphatic hydroxyl groups is 1. The van der Waals surface area contributed by atoms with Crippen LogP contribution in [0.2, 0.25) is 0 Å². The summed E-state index contributed by atoms with van der Waals surface area (Å²) in [5.74, 6) is -0.0591. The second-order valence-electron chi connectivity index (χ2n) is 5.31. The predicted molar refractivity (Wildman–Crippen MR) is 76.4 cm³/mol. The molecule has 0 bridgehead atoms. The van der Waals surface area contributed by atoms with E-state index >= 15 is 0 Å². The van der Waals surface area contributed by atoms with Crippen LogP contribution in [-0.4, -0.2) is 38.4 Å². The van der Waals surface area contributed by atoms with Gasteiger partial charge in [-0.15, -0.1) is 0 Å². The summed E-state index contributed by atoms with van der Waals surface area (Å²) in [6.07, 6.45) is 1.54. The molecule has 0 saturated carbocycles. The van der Waals surface area contributed by atoms with Crippen molar-refractivity contribution in [1.29, 1.82) is 0 Å². The number of carbonyl (C=O) groups excluding carboxylic acids is 1. The first-order chi connectivity index (χ1) is 9.43. The number of amides is 1. The van der Waals surface area contributed by atoms with Crippen LogP contribution in [0.25, 0.3) is 11.0 Å². The molecule has 0 fully saturated rings. The van der Waals surface area contributed by atoms with Gasteiger partial charge in [0.25, 0.3) is 5.91 Å². The van der Waals surface area contributed by atoms with Crippen molar-refractivity contribution in [1.82, 2.24) is 20.1 Å². The van der Waals surface area contributed by atoms with E-state index in [4.69, 9.17) is 0 Å². The van der Waals surface area contributed by atoms with Gasteiger partial charge in [0.2, 0.25) is 0 Å². The summed E-state index contributed by atoms with van der Waals surface area (Å²) in [5, 5.41) is 17.2. The van der Waals surface area contributed by atoms with Gasteiger partial charge >= 0.3 is 0 Å². The first-order valence-electron chi connectivity index (χ1n) is 6.65. The van der Waals surface area contributed by atoms with Crippen molar-refractivity contribution < 1.29 is 9.90 Å². The van der Waals surface area contributed by atoms with E-state index in [2.05, 4.69) is 15.4 Å². The van der Waals surface area contributed by atoms with Crippen LogP contribution in [0.5, 0.6) is 0 Å². The number of carbonyl (C=O) groups is 1. The van der Waals surface area contributed by atoms with E-state index in [0.717, 1.165) is 16.7 Å². The van der Waals surface area contributed by atoms with Crippen molar-refractivity contribution in [3.05, 3.63) is 23.5 Å². The van der Waals surface area contributed by atoms with Crippen LogP contribution >= 0.6 is 0 Å². The minimum absolute atomic E-state index is 0.0784. The zero-order chi connectivity index (χ0) is 14.9. The predicted octanol–water partition coefficient (Wildman–Crippen LogP) is 1.02. The minimum atomic E-state index is -0.256. The van der Waals surface area contributed by atoms with Crippen molar-refractivity contribution in [2.45, 2.75) is 26.8 Å². The largest absolute Gasteiger partial charge is 0.394 e. The first kappa shape index (κ1) is 14.5. The Morgan fingerprint density at radius 1 is 1.50 bits per heavy atom. The summed E-state index contributed by atoms with van der Waals surface area (Å²) in [5.41, 5.74) is 2.07. The van der Waals surface area contributed by atoms with Crippen molar-refractivity contribution in [3.63, 3.8) is 0 Å². The van der Waals surface area contributed by atoms with E-state index in [0.29, 0.717) is 5.56 Å². The molecule has 0 aliphatic carbocycles. The van der Waals surface area contributed by atoms with Crippen molar-refractivity contribution in [2.75, 3.05) is 6.61 Å². The number of rotatable bonds is 4. The summed E-state index contributed by atoms with van der Waals surface area (Å²) >= 11 is 0. The second kappa shape index (κ2) is 5.58. The lowest BCUT2D eigenvalue weighted by Gasteiger charge is -2.19. The normalized spacial score (nSPS) is 12.9. The molecular weight excluding hydrogens is 256 g/mol. The van der Waals surface area contributed by atoms with Gasteiger partial charge in [0.05, 0.1) is 23.9 Å². The van der Waals surface area contributed by atoms with Crippen LogP contribution in [0.3, 0.4) is 0 Å². The summed E-state index contributed by atoms with van der Waals surface area (Å²) < 4.78 is 1.69. The molecule has 2 rings (SSSR count). The second-order valence-corrected chi connectivity index (χ2v) is 5.31. The summed E-state index contributed by atoms with van der Waals surface area (Å²) in [7, 11) is 1.82. The lowest BCUT2D eigenvalue weighted by Crippen LogP contribution is -2.41. The van der Waals surface area contributed by atoms with Crippen LogP contribution in [0, 0.1) is 12.8 Å². The summed E-state index contributed by atoms with van der Waals surface area (Å²) in [6, 6.07) is 1.53. The molecular formula is C14H20N4O2. The molecule has 0 spiro atoms. The summed E-state index contributed by atoms with van der Waals surface area (Å²) in [6.45, 7) is 5.71. The molecule has 6 heteroatoms. The highest BCUT2D eigenvalue weighted by atomic mass is 16.3. The number of aryl methyl sites for hydroxylation is 2. The Morgan fingerprint density at radius 3 is 2.80 bits per heavy atom. The van der Waals surface area contributed by atoms with Crippen LogP contribution in [-0.2, 0) is 7.05 Å². The number of fused-ring (bicyclic) bond motifs is 1. The molecule has 0 aliphatic heterocycles. The number of nitrogens with one attached hydrogen (secondary N) is 1. The molecule has 1 amide bonds. The van der Waals surface area contributed by atoms with E-state index in [-0.39, 0.29) is 24.5 Å². The molecule has 108 valence electrons. The van der Waals surface area contributed by atoms with E-state index in [9.17, 15) is 9.90 Å². The molecule has 2 heterocycles. The molecule has 2 aromatic heterocycles. The molecule has 0 aromatic carbocycles. The monoisotopic (exact) mass is 276 g/mol. The Morgan fingerprint density at radius 2 is 2.20 bits per heavy atom. The van der Waals surface area contributed by atoms with Crippen LogP contribution in [0.1, 0.15) is 29.9 Å². The molecule has 6 nitrogen and oxygen atoms in total. The number of pyridine rings is 1. The number of aromatic nitrogens is 3. The van der Waals surface area contributed by atoms with Crippen molar-refractivity contribution in [3.8, 4) is 0 Å². The van der Waals surface area contributed by atoms with E-state index in [1.54, 1.807) is 10.7 Å². The molecule has 0 unspecified atom stereocenters. The summed E-state index contributed by atoms with van der Waals surface area (Å²) in [4.78, 5) is 16.5. The smallest absolute Gasteiger partial charge is 0.253 e. The van der Waals surface area contributed by atoms with E-state index in [1.807, 2.05) is 27.8 Å². The quantitative estimate of drug-likeness (QED) is 0.874. The zero-order valence-corrected chi connectivity index (χ0v) is 12.2. The molecule has 20 heavy (non-hydrogen) atoms. The lowest BCUT2D eigenvalue weighted by molar-refractivity contribution is 0.0896. The Hall–Kier alpha value is -1.95. The third-order valence-corrected chi connectivity index (χ3v) is 3.44. The Labute approximate surface area is 117 Å². The maximum atomic E-state index is 12.2. The number of aliphatic hydroxyl groups excluding tert-OH is 1. The fraction of sp³-hybridized carbons (Fsp3) is 0.500. The molecule has 0 saturated heterocycles. The topological polar surface area (TPSA) is 80.0 Å². The lowest BCUT2D eigenvalue weighted by atomic mass is 10.0. The van der Waals surface area contributed by atoms with Gasteiger partial charge in [-0.3, -0.25) is 9.48 Å². The van der Waals surface area contributed by atoms with Gasteiger partial charge in [-0.2, -0.15) is 5.10 Å². The zero-order valence-electron chi connectivity index (χ0n) is 12.2.